The van der Waals surface area contributed by atoms with Gasteiger partial charge in [0.1, 0.15) is 0 Å². The van der Waals surface area contributed by atoms with Gasteiger partial charge in [-0.25, -0.2) is 0 Å². The van der Waals surface area contributed by atoms with E-state index in [2.05, 4.69) is 69.0 Å². The summed E-state index contributed by atoms with van der Waals surface area (Å²) in [5, 5.41) is 1.33. The third-order valence-electron chi connectivity index (χ3n) is 2.65. The minimum atomic E-state index is -0.106. The van der Waals surface area contributed by atoms with E-state index in [1.807, 2.05) is 0 Å². The van der Waals surface area contributed by atoms with Gasteiger partial charge in [0.25, 0.3) is 0 Å². The monoisotopic (exact) mass is 398 g/mol. The average Bonchev–Trinajstić information content (AvgIpc) is 2.15. The molecular formula is C14H23Cl2PPd. The average molecular weight is 400 g/mol. The summed E-state index contributed by atoms with van der Waals surface area (Å²) in [4.78, 5) is 0. The summed E-state index contributed by atoms with van der Waals surface area (Å²) < 4.78 is 0. The van der Waals surface area contributed by atoms with Crippen molar-refractivity contribution in [3.8, 4) is 0 Å². The molecule has 0 nitrogen and oxygen atoms in total. The summed E-state index contributed by atoms with van der Waals surface area (Å²) in [7, 11) is 12.5. The zero-order valence-electron chi connectivity index (χ0n) is 11.9. The van der Waals surface area contributed by atoms with E-state index in [9.17, 15) is 0 Å². The molecule has 1 aromatic carbocycles. The van der Waals surface area contributed by atoms with Crippen LogP contribution in [0.25, 0.3) is 0 Å². The Balaban J connectivity index is 0.000000873. The van der Waals surface area contributed by atoms with Crippen LogP contribution in [0.2, 0.25) is 0 Å². The first kappa shape index (κ1) is 18.9. The molecule has 0 amide bonds. The van der Waals surface area contributed by atoms with Crippen LogP contribution in [0.3, 0.4) is 0 Å². The summed E-state index contributed by atoms with van der Waals surface area (Å²) in [6.45, 7) is 13.7. The SMILES string of the molecule is CC(C)(C)c1cccc(P)c1C(C)(C)C.[Cl][Pd][Cl]. The molecule has 0 fully saturated rings. The molecule has 0 aliphatic carbocycles. The third kappa shape index (κ3) is 5.90. The van der Waals surface area contributed by atoms with Crippen LogP contribution in [0.5, 0.6) is 0 Å². The molecule has 1 aromatic rings. The second-order valence-corrected chi connectivity index (χ2v) is 9.30. The van der Waals surface area contributed by atoms with E-state index < -0.39 is 0 Å². The van der Waals surface area contributed by atoms with Crippen molar-refractivity contribution in [3.63, 3.8) is 0 Å². The molecule has 0 aliphatic heterocycles. The Bertz CT molecular complexity index is 378. The van der Waals surface area contributed by atoms with Gasteiger partial charge in [0.05, 0.1) is 0 Å². The van der Waals surface area contributed by atoms with Crippen molar-refractivity contribution in [1.29, 1.82) is 0 Å². The van der Waals surface area contributed by atoms with Crippen molar-refractivity contribution in [2.45, 2.75) is 52.4 Å². The van der Waals surface area contributed by atoms with E-state index in [1.165, 1.54) is 16.4 Å². The maximum absolute atomic E-state index is 4.81. The van der Waals surface area contributed by atoms with Gasteiger partial charge in [-0.2, -0.15) is 0 Å². The van der Waals surface area contributed by atoms with Crippen LogP contribution < -0.4 is 5.30 Å². The van der Waals surface area contributed by atoms with E-state index in [1.54, 1.807) is 0 Å². The molecule has 0 saturated carbocycles. The van der Waals surface area contributed by atoms with E-state index in [4.69, 9.17) is 19.1 Å². The van der Waals surface area contributed by atoms with Crippen LogP contribution >= 0.6 is 28.3 Å². The third-order valence-corrected chi connectivity index (χ3v) is 3.14. The van der Waals surface area contributed by atoms with Crippen molar-refractivity contribution in [3.05, 3.63) is 29.3 Å². The van der Waals surface area contributed by atoms with Crippen LogP contribution in [0.1, 0.15) is 52.7 Å². The molecule has 0 bridgehead atoms. The Morgan fingerprint density at radius 3 is 1.67 bits per heavy atom. The van der Waals surface area contributed by atoms with E-state index in [-0.39, 0.29) is 26.8 Å². The Labute approximate surface area is 131 Å². The fraction of sp³-hybridized carbons (Fsp3) is 0.571. The molecule has 1 rings (SSSR count). The fourth-order valence-electron chi connectivity index (χ4n) is 2.03. The van der Waals surface area contributed by atoms with Crippen LogP contribution in [0.4, 0.5) is 0 Å². The van der Waals surface area contributed by atoms with Crippen molar-refractivity contribution < 1.29 is 15.9 Å². The molecular weight excluding hydrogens is 376 g/mol. The molecule has 1 unspecified atom stereocenters. The summed E-state index contributed by atoms with van der Waals surface area (Å²) >= 11 is -0.106. The second kappa shape index (κ2) is 7.62. The summed E-state index contributed by atoms with van der Waals surface area (Å²) in [5.41, 5.74) is 3.36. The Morgan fingerprint density at radius 1 is 0.944 bits per heavy atom. The molecule has 4 heteroatoms. The molecule has 0 heterocycles. The number of benzene rings is 1. The summed E-state index contributed by atoms with van der Waals surface area (Å²) in [5.74, 6) is 0. The molecule has 0 N–H and O–H groups in total. The summed E-state index contributed by atoms with van der Waals surface area (Å²) in [6.07, 6.45) is 0. The number of hydrogen-bond donors (Lipinski definition) is 0. The molecule has 0 radical (unpaired) electrons. The Hall–Kier alpha value is 0.892. The van der Waals surface area contributed by atoms with Gasteiger partial charge in [0.2, 0.25) is 0 Å². The predicted octanol–water partition coefficient (Wildman–Crippen LogP) is 5.16. The van der Waals surface area contributed by atoms with Gasteiger partial charge in [0.15, 0.2) is 0 Å². The molecule has 0 aromatic heterocycles. The maximum atomic E-state index is 4.81. The fourth-order valence-corrected chi connectivity index (χ4v) is 2.73. The van der Waals surface area contributed by atoms with Gasteiger partial charge in [0, 0.05) is 0 Å². The van der Waals surface area contributed by atoms with E-state index in [0.717, 1.165) is 0 Å². The van der Waals surface area contributed by atoms with Gasteiger partial charge in [-0.05, 0) is 27.3 Å². The quantitative estimate of drug-likeness (QED) is 0.418. The minimum absolute atomic E-state index is 0.106. The Kier molecular flexibility index (Phi) is 7.99. The summed E-state index contributed by atoms with van der Waals surface area (Å²) in [6, 6.07) is 6.59. The van der Waals surface area contributed by atoms with E-state index >= 15 is 0 Å². The van der Waals surface area contributed by atoms with Crippen LogP contribution in [-0.4, -0.2) is 0 Å². The van der Waals surface area contributed by atoms with Gasteiger partial charge < -0.3 is 0 Å². The van der Waals surface area contributed by atoms with Gasteiger partial charge in [-0.3, -0.25) is 0 Å². The van der Waals surface area contributed by atoms with Gasteiger partial charge in [-0.15, -0.1) is 9.24 Å². The first-order valence-electron chi connectivity index (χ1n) is 5.77. The van der Waals surface area contributed by atoms with Crippen molar-refractivity contribution in [2.24, 2.45) is 0 Å². The normalized spacial score (nSPS) is 12.1. The van der Waals surface area contributed by atoms with Crippen molar-refractivity contribution >= 4 is 33.6 Å². The molecule has 0 spiro atoms. The number of hydrogen-bond acceptors (Lipinski definition) is 0. The van der Waals surface area contributed by atoms with E-state index in [0.29, 0.717) is 0 Å². The molecule has 0 aliphatic rings. The van der Waals surface area contributed by atoms with Gasteiger partial charge >= 0.3 is 35.0 Å². The van der Waals surface area contributed by atoms with Crippen LogP contribution in [0.15, 0.2) is 18.2 Å². The van der Waals surface area contributed by atoms with Crippen LogP contribution in [0, 0.1) is 0 Å². The zero-order valence-corrected chi connectivity index (χ0v) is 16.1. The molecule has 1 atom stereocenters. The zero-order chi connectivity index (χ0) is 14.6. The Morgan fingerprint density at radius 2 is 1.39 bits per heavy atom. The van der Waals surface area contributed by atoms with Crippen LogP contribution in [-0.2, 0) is 26.8 Å². The predicted molar refractivity (Wildman–Crippen MR) is 84.9 cm³/mol. The molecule has 0 saturated heterocycles. The molecule has 18 heavy (non-hydrogen) atoms. The first-order valence-corrected chi connectivity index (χ1v) is 10.4. The van der Waals surface area contributed by atoms with Gasteiger partial charge in [-0.1, -0.05) is 59.7 Å². The standard InChI is InChI=1S/C14H23P.2ClH.Pd/c1-13(2,3)10-8-7-9-11(15)12(10)14(4,5)6;;;/h7-9H,15H2,1-6H3;2*1H;/q;;;+2/p-2. The number of halogens is 2. The topological polar surface area (TPSA) is 0 Å². The first-order chi connectivity index (χ1) is 8.05. The molecule has 108 valence electrons. The number of rotatable bonds is 0. The van der Waals surface area contributed by atoms with Crippen molar-refractivity contribution in [2.75, 3.05) is 0 Å². The van der Waals surface area contributed by atoms with Crippen molar-refractivity contribution in [1.82, 2.24) is 0 Å². The second-order valence-electron chi connectivity index (χ2n) is 6.31.